The molecule has 2 aromatic carbocycles. The van der Waals surface area contributed by atoms with E-state index in [1.54, 1.807) is 18.3 Å². The molecule has 0 unspecified atom stereocenters. The van der Waals surface area contributed by atoms with Gasteiger partial charge in [-0.25, -0.2) is 4.39 Å². The van der Waals surface area contributed by atoms with Gasteiger partial charge in [-0.1, -0.05) is 42.5 Å². The summed E-state index contributed by atoms with van der Waals surface area (Å²) in [5.74, 6) is -0.260. The number of fused-ring (bicyclic) bond motifs is 1. The molecule has 3 aromatic rings. The molecule has 0 aliphatic rings. The molecule has 3 heteroatoms. The maximum atomic E-state index is 12.8. The monoisotopic (exact) mass is 265 g/mol. The van der Waals surface area contributed by atoms with E-state index in [4.69, 9.17) is 0 Å². The van der Waals surface area contributed by atoms with Crippen LogP contribution >= 0.6 is 0 Å². The Kier molecular flexibility index (Phi) is 3.17. The first-order chi connectivity index (χ1) is 9.74. The Hall–Kier alpha value is -2.68. The number of aromatic amines is 1. The van der Waals surface area contributed by atoms with Gasteiger partial charge in [-0.05, 0) is 34.7 Å². The lowest BCUT2D eigenvalue weighted by Gasteiger charge is -2.01. The molecule has 0 radical (unpaired) electrons. The zero-order valence-electron chi connectivity index (χ0n) is 10.6. The molecule has 0 spiro atoms. The molecule has 0 aliphatic heterocycles. The van der Waals surface area contributed by atoms with Gasteiger partial charge in [0, 0.05) is 6.20 Å². The minimum atomic E-state index is -0.260. The lowest BCUT2D eigenvalue weighted by molar-refractivity contribution is 0.628. The standard InChI is InChI=1S/C17H12FNO/c18-15-8-5-12(6-9-15)4-7-13-2-1-3-14-10-11-19-17(20)16(13)14/h1-11H,(H,19,20)/b7-4+. The van der Waals surface area contributed by atoms with Crippen molar-refractivity contribution < 1.29 is 4.39 Å². The van der Waals surface area contributed by atoms with Crippen molar-refractivity contribution in [2.75, 3.05) is 0 Å². The van der Waals surface area contributed by atoms with Crippen molar-refractivity contribution in [1.82, 2.24) is 4.98 Å². The van der Waals surface area contributed by atoms with Gasteiger partial charge in [0.2, 0.25) is 0 Å². The normalized spacial score (nSPS) is 11.2. The second-order valence-corrected chi connectivity index (χ2v) is 4.50. The highest BCUT2D eigenvalue weighted by Crippen LogP contribution is 2.17. The average molecular weight is 265 g/mol. The van der Waals surface area contributed by atoms with Crippen LogP contribution in [-0.2, 0) is 0 Å². The summed E-state index contributed by atoms with van der Waals surface area (Å²) in [6.07, 6.45) is 5.36. The summed E-state index contributed by atoms with van der Waals surface area (Å²) in [5.41, 5.74) is 1.62. The third kappa shape index (κ3) is 2.38. The zero-order chi connectivity index (χ0) is 13.9. The topological polar surface area (TPSA) is 32.9 Å². The molecule has 0 saturated carbocycles. The first-order valence-corrected chi connectivity index (χ1v) is 6.28. The van der Waals surface area contributed by atoms with E-state index < -0.39 is 0 Å². The maximum absolute atomic E-state index is 12.8. The van der Waals surface area contributed by atoms with Gasteiger partial charge in [-0.2, -0.15) is 0 Å². The molecule has 3 rings (SSSR count). The largest absolute Gasteiger partial charge is 0.329 e. The number of nitrogens with one attached hydrogen (secondary N) is 1. The molecule has 0 amide bonds. The number of H-pyrrole nitrogens is 1. The number of benzene rings is 2. The summed E-state index contributed by atoms with van der Waals surface area (Å²) in [4.78, 5) is 14.6. The van der Waals surface area contributed by atoms with Gasteiger partial charge in [0.25, 0.3) is 5.56 Å². The van der Waals surface area contributed by atoms with E-state index in [1.807, 2.05) is 36.4 Å². The predicted octanol–water partition coefficient (Wildman–Crippen LogP) is 3.84. The summed E-state index contributed by atoms with van der Waals surface area (Å²) in [7, 11) is 0. The Morgan fingerprint density at radius 2 is 1.75 bits per heavy atom. The minimum Gasteiger partial charge on any atom is -0.329 e. The molecule has 0 atom stereocenters. The van der Waals surface area contributed by atoms with Gasteiger partial charge in [0.15, 0.2) is 0 Å². The smallest absolute Gasteiger partial charge is 0.256 e. The first-order valence-electron chi connectivity index (χ1n) is 6.28. The Morgan fingerprint density at radius 3 is 2.55 bits per heavy atom. The molecule has 0 saturated heterocycles. The van der Waals surface area contributed by atoms with Crippen LogP contribution in [0.4, 0.5) is 4.39 Å². The lowest BCUT2D eigenvalue weighted by atomic mass is 10.1. The summed E-state index contributed by atoms with van der Waals surface area (Å²) in [6.45, 7) is 0. The van der Waals surface area contributed by atoms with Crippen molar-refractivity contribution >= 4 is 22.9 Å². The molecule has 0 aliphatic carbocycles. The zero-order valence-corrected chi connectivity index (χ0v) is 10.6. The minimum absolute atomic E-state index is 0.109. The Labute approximate surface area is 115 Å². The molecule has 0 fully saturated rings. The van der Waals surface area contributed by atoms with Crippen molar-refractivity contribution in [3.05, 3.63) is 82.0 Å². The summed E-state index contributed by atoms with van der Waals surface area (Å²) in [5, 5.41) is 1.56. The predicted molar refractivity (Wildman–Crippen MR) is 79.9 cm³/mol. The highest BCUT2D eigenvalue weighted by atomic mass is 19.1. The third-order valence-corrected chi connectivity index (χ3v) is 3.16. The fourth-order valence-corrected chi connectivity index (χ4v) is 2.17. The molecular formula is C17H12FNO. The number of halogens is 1. The van der Waals surface area contributed by atoms with E-state index in [2.05, 4.69) is 4.98 Å². The van der Waals surface area contributed by atoms with Gasteiger partial charge < -0.3 is 4.98 Å². The SMILES string of the molecule is O=c1[nH]ccc2cccc(/C=C/c3ccc(F)cc3)c12. The molecular weight excluding hydrogens is 253 g/mol. The second-order valence-electron chi connectivity index (χ2n) is 4.50. The van der Waals surface area contributed by atoms with Crippen LogP contribution in [0, 0.1) is 5.82 Å². The van der Waals surface area contributed by atoms with E-state index in [-0.39, 0.29) is 11.4 Å². The van der Waals surface area contributed by atoms with Crippen molar-refractivity contribution in [1.29, 1.82) is 0 Å². The Balaban J connectivity index is 2.07. The van der Waals surface area contributed by atoms with Crippen molar-refractivity contribution in [2.45, 2.75) is 0 Å². The summed E-state index contributed by atoms with van der Waals surface area (Å²) >= 11 is 0. The average Bonchev–Trinajstić information content (AvgIpc) is 2.47. The van der Waals surface area contributed by atoms with Crippen LogP contribution < -0.4 is 5.56 Å². The number of rotatable bonds is 2. The summed E-state index contributed by atoms with van der Waals surface area (Å²) < 4.78 is 12.8. The number of pyridine rings is 1. The van der Waals surface area contributed by atoms with Crippen LogP contribution in [0.3, 0.4) is 0 Å². The molecule has 0 bridgehead atoms. The van der Waals surface area contributed by atoms with E-state index in [0.717, 1.165) is 16.5 Å². The number of hydrogen-bond donors (Lipinski definition) is 1. The highest BCUT2D eigenvalue weighted by Gasteiger charge is 2.01. The van der Waals surface area contributed by atoms with Crippen LogP contribution in [0.15, 0.2) is 59.5 Å². The second kappa shape index (κ2) is 5.13. The Morgan fingerprint density at radius 1 is 0.950 bits per heavy atom. The molecule has 20 heavy (non-hydrogen) atoms. The number of aromatic nitrogens is 1. The Bertz CT molecular complexity index is 826. The van der Waals surface area contributed by atoms with E-state index >= 15 is 0 Å². The quantitative estimate of drug-likeness (QED) is 0.702. The van der Waals surface area contributed by atoms with Crippen LogP contribution in [0.25, 0.3) is 22.9 Å². The van der Waals surface area contributed by atoms with Crippen LogP contribution in [0.2, 0.25) is 0 Å². The van der Waals surface area contributed by atoms with Gasteiger partial charge in [0.05, 0.1) is 5.39 Å². The van der Waals surface area contributed by atoms with Crippen molar-refractivity contribution in [3.63, 3.8) is 0 Å². The van der Waals surface area contributed by atoms with Gasteiger partial charge in [-0.15, -0.1) is 0 Å². The van der Waals surface area contributed by atoms with Crippen LogP contribution in [-0.4, -0.2) is 4.98 Å². The van der Waals surface area contributed by atoms with Gasteiger partial charge in [0.1, 0.15) is 5.82 Å². The molecule has 98 valence electrons. The molecule has 1 heterocycles. The van der Waals surface area contributed by atoms with Gasteiger partial charge in [-0.3, -0.25) is 4.79 Å². The molecule has 1 N–H and O–H groups in total. The van der Waals surface area contributed by atoms with Crippen molar-refractivity contribution in [3.8, 4) is 0 Å². The van der Waals surface area contributed by atoms with Crippen LogP contribution in [0.1, 0.15) is 11.1 Å². The van der Waals surface area contributed by atoms with E-state index in [1.165, 1.54) is 12.1 Å². The lowest BCUT2D eigenvalue weighted by Crippen LogP contribution is -2.05. The third-order valence-electron chi connectivity index (χ3n) is 3.16. The molecule has 2 nitrogen and oxygen atoms in total. The van der Waals surface area contributed by atoms with Gasteiger partial charge >= 0.3 is 0 Å². The first kappa shape index (κ1) is 12.4. The number of hydrogen-bond acceptors (Lipinski definition) is 1. The van der Waals surface area contributed by atoms with E-state index in [9.17, 15) is 9.18 Å². The maximum Gasteiger partial charge on any atom is 0.256 e. The fourth-order valence-electron chi connectivity index (χ4n) is 2.17. The highest BCUT2D eigenvalue weighted by molar-refractivity contribution is 5.92. The summed E-state index contributed by atoms with van der Waals surface area (Å²) in [6, 6.07) is 13.8. The van der Waals surface area contributed by atoms with E-state index in [0.29, 0.717) is 5.39 Å². The fraction of sp³-hybridized carbons (Fsp3) is 0. The molecule has 1 aromatic heterocycles. The van der Waals surface area contributed by atoms with Crippen molar-refractivity contribution in [2.24, 2.45) is 0 Å². The van der Waals surface area contributed by atoms with Crippen LogP contribution in [0.5, 0.6) is 0 Å².